The lowest BCUT2D eigenvalue weighted by atomic mass is 10.4. The third-order valence-electron chi connectivity index (χ3n) is 1.22. The lowest BCUT2D eigenvalue weighted by molar-refractivity contribution is -0.241. The van der Waals surface area contributed by atoms with Gasteiger partial charge < -0.3 is 5.11 Å². The summed E-state index contributed by atoms with van der Waals surface area (Å²) in [4.78, 5) is 0. The molecule has 0 unspecified atom stereocenters. The third-order valence-corrected chi connectivity index (χ3v) is 2.51. The van der Waals surface area contributed by atoms with Gasteiger partial charge in [0, 0.05) is 5.90 Å². The molecule has 0 atom stereocenters. The van der Waals surface area contributed by atoms with E-state index in [4.69, 9.17) is 0 Å². The molecule has 0 bridgehead atoms. The van der Waals surface area contributed by atoms with Crippen LogP contribution in [0.15, 0.2) is 16.5 Å². The standard InChI is InChI=1S/C6H6F5NO3S/c1-3(2)4(13)12-16(14,15)6(10,11)5(7,8)9/h1H2,2H3,(H,12,13)/p-1. The number of sulfonamides is 1. The van der Waals surface area contributed by atoms with Crippen molar-refractivity contribution in [3.63, 3.8) is 0 Å². The van der Waals surface area contributed by atoms with E-state index in [0.717, 1.165) is 6.92 Å². The fourth-order valence-corrected chi connectivity index (χ4v) is 1.17. The Morgan fingerprint density at radius 2 is 1.62 bits per heavy atom. The minimum absolute atomic E-state index is 0.582. The van der Waals surface area contributed by atoms with E-state index in [1.807, 2.05) is 4.40 Å². The molecule has 0 spiro atoms. The van der Waals surface area contributed by atoms with Crippen molar-refractivity contribution in [3.8, 4) is 0 Å². The molecular weight excluding hydrogens is 261 g/mol. The van der Waals surface area contributed by atoms with E-state index >= 15 is 0 Å². The topological polar surface area (TPSA) is 69.6 Å². The molecule has 0 saturated heterocycles. The molecule has 10 heteroatoms. The van der Waals surface area contributed by atoms with Gasteiger partial charge in [0.2, 0.25) is 0 Å². The van der Waals surface area contributed by atoms with Crippen molar-refractivity contribution >= 4 is 15.9 Å². The molecule has 94 valence electrons. The van der Waals surface area contributed by atoms with Crippen LogP contribution in [0.3, 0.4) is 0 Å². The highest BCUT2D eigenvalue weighted by molar-refractivity contribution is 7.91. The van der Waals surface area contributed by atoms with E-state index in [1.54, 1.807) is 0 Å². The minimum Gasteiger partial charge on any atom is -0.858 e. The fraction of sp³-hybridized carbons (Fsp3) is 0.500. The second kappa shape index (κ2) is 4.00. The number of nitrogens with zero attached hydrogens (tertiary/aromatic N) is 1. The van der Waals surface area contributed by atoms with E-state index in [0.29, 0.717) is 0 Å². The molecule has 0 aliphatic rings. The number of alkyl halides is 5. The van der Waals surface area contributed by atoms with Crippen LogP contribution < -0.4 is 5.11 Å². The van der Waals surface area contributed by atoms with Gasteiger partial charge in [-0.25, -0.2) is 0 Å². The van der Waals surface area contributed by atoms with Gasteiger partial charge in [0.05, 0.1) is 0 Å². The zero-order valence-electron chi connectivity index (χ0n) is 7.68. The Hall–Kier alpha value is -1.19. The number of hydrogen-bond donors (Lipinski definition) is 0. The summed E-state index contributed by atoms with van der Waals surface area (Å²) in [6, 6.07) is 0. The van der Waals surface area contributed by atoms with Gasteiger partial charge in [0.1, 0.15) is 0 Å². The molecule has 0 heterocycles. The summed E-state index contributed by atoms with van der Waals surface area (Å²) >= 11 is 0. The Morgan fingerprint density at radius 3 is 1.88 bits per heavy atom. The highest BCUT2D eigenvalue weighted by atomic mass is 32.2. The third kappa shape index (κ3) is 2.68. The first kappa shape index (κ1) is 14.8. The molecule has 0 N–H and O–H groups in total. The number of rotatable bonds is 3. The maximum atomic E-state index is 12.3. The molecule has 0 aliphatic carbocycles. The highest BCUT2D eigenvalue weighted by Gasteiger charge is 2.67. The molecular formula is C6H5F5NO3S-. The van der Waals surface area contributed by atoms with Crippen molar-refractivity contribution in [2.45, 2.75) is 18.4 Å². The normalized spacial score (nSPS) is 15.0. The molecule has 0 rings (SSSR count). The molecule has 0 aromatic heterocycles. The molecule has 0 aromatic carbocycles. The molecule has 0 aliphatic heterocycles. The molecule has 4 nitrogen and oxygen atoms in total. The number of hydrogen-bond acceptors (Lipinski definition) is 3. The summed E-state index contributed by atoms with van der Waals surface area (Å²) in [5.41, 5.74) is -0.582. The Kier molecular flexibility index (Phi) is 3.70. The average Bonchev–Trinajstić information content (AvgIpc) is 2.00. The van der Waals surface area contributed by atoms with Crippen LogP contribution in [0.25, 0.3) is 0 Å². The van der Waals surface area contributed by atoms with Gasteiger partial charge in [-0.05, 0) is 12.5 Å². The highest BCUT2D eigenvalue weighted by Crippen LogP contribution is 2.40. The lowest BCUT2D eigenvalue weighted by Gasteiger charge is -2.18. The maximum absolute atomic E-state index is 12.3. The van der Waals surface area contributed by atoms with Gasteiger partial charge in [0.25, 0.3) is 0 Å². The summed E-state index contributed by atoms with van der Waals surface area (Å²) in [5, 5.41) is 4.48. The van der Waals surface area contributed by atoms with E-state index in [2.05, 4.69) is 6.58 Å². The van der Waals surface area contributed by atoms with E-state index in [9.17, 15) is 35.5 Å². The van der Waals surface area contributed by atoms with Gasteiger partial charge in [-0.15, -0.1) is 0 Å². The Bertz CT molecular complexity index is 422. The van der Waals surface area contributed by atoms with Crippen molar-refractivity contribution in [1.29, 1.82) is 0 Å². The quantitative estimate of drug-likeness (QED) is 0.431. The second-order valence-corrected chi connectivity index (χ2v) is 4.31. The van der Waals surface area contributed by atoms with Crippen molar-refractivity contribution in [2.75, 3.05) is 0 Å². The summed E-state index contributed by atoms with van der Waals surface area (Å²) < 4.78 is 82.5. The molecule has 0 radical (unpaired) electrons. The predicted octanol–water partition coefficient (Wildman–Crippen LogP) is 0.806. The summed E-state index contributed by atoms with van der Waals surface area (Å²) in [6.45, 7) is 3.76. The van der Waals surface area contributed by atoms with Crippen LogP contribution in [0.2, 0.25) is 0 Å². The maximum Gasteiger partial charge on any atom is 0.471 e. The van der Waals surface area contributed by atoms with E-state index in [1.165, 1.54) is 0 Å². The lowest BCUT2D eigenvalue weighted by Crippen LogP contribution is -2.43. The van der Waals surface area contributed by atoms with Crippen molar-refractivity contribution in [1.82, 2.24) is 0 Å². The largest absolute Gasteiger partial charge is 0.858 e. The monoisotopic (exact) mass is 266 g/mol. The molecule has 0 amide bonds. The summed E-state index contributed by atoms with van der Waals surface area (Å²) in [5.74, 6) is -1.76. The Labute approximate surface area is 87.2 Å². The van der Waals surface area contributed by atoms with Crippen molar-refractivity contribution in [2.24, 2.45) is 4.40 Å². The molecule has 0 fully saturated rings. The van der Waals surface area contributed by atoms with Crippen molar-refractivity contribution < 1.29 is 35.5 Å². The van der Waals surface area contributed by atoms with Crippen molar-refractivity contribution in [3.05, 3.63) is 12.2 Å². The molecule has 16 heavy (non-hydrogen) atoms. The van der Waals surface area contributed by atoms with Gasteiger partial charge in [0.15, 0.2) is 0 Å². The van der Waals surface area contributed by atoms with Crippen LogP contribution in [0, 0.1) is 0 Å². The zero-order chi connectivity index (χ0) is 13.4. The Morgan fingerprint density at radius 1 is 1.25 bits per heavy atom. The van der Waals surface area contributed by atoms with Crippen LogP contribution in [0.4, 0.5) is 22.0 Å². The van der Waals surface area contributed by atoms with Gasteiger partial charge in [-0.3, -0.25) is 0 Å². The van der Waals surface area contributed by atoms with Crippen LogP contribution in [0.5, 0.6) is 0 Å². The number of halogens is 5. The second-order valence-electron chi connectivity index (χ2n) is 2.67. The Balaban J connectivity index is 5.58. The summed E-state index contributed by atoms with van der Waals surface area (Å²) in [7, 11) is -6.31. The molecule has 0 saturated carbocycles. The fourth-order valence-electron chi connectivity index (χ4n) is 0.391. The van der Waals surface area contributed by atoms with Crippen LogP contribution in [0.1, 0.15) is 6.92 Å². The first-order valence-electron chi connectivity index (χ1n) is 3.45. The molecule has 0 aromatic rings. The van der Waals surface area contributed by atoms with Gasteiger partial charge >= 0.3 is 21.5 Å². The van der Waals surface area contributed by atoms with E-state index < -0.39 is 32.9 Å². The van der Waals surface area contributed by atoms with Crippen LogP contribution >= 0.6 is 0 Å². The van der Waals surface area contributed by atoms with Crippen LogP contribution in [-0.2, 0) is 10.0 Å². The first-order valence-corrected chi connectivity index (χ1v) is 4.89. The minimum atomic E-state index is -6.34. The first-order chi connectivity index (χ1) is 6.83. The van der Waals surface area contributed by atoms with E-state index in [-0.39, 0.29) is 0 Å². The van der Waals surface area contributed by atoms with Gasteiger partial charge in [-0.1, -0.05) is 6.58 Å². The van der Waals surface area contributed by atoms with Gasteiger partial charge in [-0.2, -0.15) is 34.8 Å². The smallest absolute Gasteiger partial charge is 0.471 e. The zero-order valence-corrected chi connectivity index (χ0v) is 8.49. The SMILES string of the molecule is C=C(C)/C([O-])=N/S(=O)(=O)C(F)(F)C(F)(F)F. The summed E-state index contributed by atoms with van der Waals surface area (Å²) in [6.07, 6.45) is -6.34. The van der Waals surface area contributed by atoms with Crippen LogP contribution in [-0.4, -0.2) is 25.7 Å². The average molecular weight is 266 g/mol. The predicted molar refractivity (Wildman–Crippen MR) is 42.2 cm³/mol.